The van der Waals surface area contributed by atoms with Crippen LogP contribution in [0.15, 0.2) is 52.0 Å². The third-order valence-corrected chi connectivity index (χ3v) is 3.88. The number of hydrogen-bond donors (Lipinski definition) is 1. The lowest BCUT2D eigenvalue weighted by molar-refractivity contribution is 0.0999. The van der Waals surface area contributed by atoms with Crippen molar-refractivity contribution >= 4 is 33.8 Å². The number of aromatic nitrogens is 1. The largest absolute Gasteiger partial charge is 0.493 e. The first-order chi connectivity index (χ1) is 9.68. The second-order valence-corrected chi connectivity index (χ2v) is 5.18. The maximum absolute atomic E-state index is 11.8. The zero-order valence-electron chi connectivity index (χ0n) is 10.6. The number of fused-ring (bicyclic) bond motifs is 1. The molecule has 0 aliphatic rings. The summed E-state index contributed by atoms with van der Waals surface area (Å²) in [5.41, 5.74) is 1.15. The summed E-state index contributed by atoms with van der Waals surface area (Å²) in [4.78, 5) is 12.3. The standard InChI is InChI=1S/C14H11N3O2S/c1-17-10-6-3-2-5-9(10)12(14(17)19)15-16-13(18)11-7-4-8-20-11/h2-8,19H,1H3. The Balaban J connectivity index is 2.03. The number of azo groups is 1. The first-order valence-electron chi connectivity index (χ1n) is 5.94. The predicted octanol–water partition coefficient (Wildman–Crippen LogP) is 3.87. The Hall–Kier alpha value is -2.47. The molecule has 3 rings (SSSR count). The smallest absolute Gasteiger partial charge is 0.305 e. The Kier molecular flexibility index (Phi) is 3.08. The molecule has 20 heavy (non-hydrogen) atoms. The number of nitrogens with zero attached hydrogens (tertiary/aromatic N) is 3. The number of hydrogen-bond acceptors (Lipinski definition) is 4. The van der Waals surface area contributed by atoms with Crippen LogP contribution in [0.4, 0.5) is 5.69 Å². The van der Waals surface area contributed by atoms with Crippen LogP contribution in [0.25, 0.3) is 10.9 Å². The van der Waals surface area contributed by atoms with Gasteiger partial charge in [-0.1, -0.05) is 24.3 Å². The number of amides is 1. The van der Waals surface area contributed by atoms with Crippen molar-refractivity contribution in [2.24, 2.45) is 17.3 Å². The molecule has 2 heterocycles. The van der Waals surface area contributed by atoms with Crippen LogP contribution in [-0.4, -0.2) is 15.6 Å². The van der Waals surface area contributed by atoms with E-state index in [-0.39, 0.29) is 5.88 Å². The van der Waals surface area contributed by atoms with Gasteiger partial charge in [-0.05, 0) is 17.5 Å². The number of rotatable bonds is 2. The van der Waals surface area contributed by atoms with Gasteiger partial charge >= 0.3 is 5.91 Å². The van der Waals surface area contributed by atoms with Crippen LogP contribution in [0.2, 0.25) is 0 Å². The second kappa shape index (κ2) is 4.90. The lowest BCUT2D eigenvalue weighted by Crippen LogP contribution is -1.87. The Morgan fingerprint density at radius 2 is 2.05 bits per heavy atom. The molecule has 0 bridgehead atoms. The minimum atomic E-state index is -0.410. The number of carbonyl (C=O) groups excluding carboxylic acids is 1. The highest BCUT2D eigenvalue weighted by molar-refractivity contribution is 7.12. The number of aryl methyl sites for hydroxylation is 1. The lowest BCUT2D eigenvalue weighted by Gasteiger charge is -1.95. The zero-order chi connectivity index (χ0) is 14.1. The highest BCUT2D eigenvalue weighted by Crippen LogP contribution is 2.37. The summed E-state index contributed by atoms with van der Waals surface area (Å²) in [6.07, 6.45) is 0. The molecule has 0 radical (unpaired) electrons. The van der Waals surface area contributed by atoms with Gasteiger partial charge in [-0.25, -0.2) is 0 Å². The molecule has 1 aromatic carbocycles. The van der Waals surface area contributed by atoms with E-state index >= 15 is 0 Å². The molecule has 0 unspecified atom stereocenters. The van der Waals surface area contributed by atoms with E-state index in [0.717, 1.165) is 10.9 Å². The van der Waals surface area contributed by atoms with Crippen molar-refractivity contribution in [1.82, 2.24) is 4.57 Å². The minimum absolute atomic E-state index is 0.00562. The van der Waals surface area contributed by atoms with E-state index < -0.39 is 5.91 Å². The summed E-state index contributed by atoms with van der Waals surface area (Å²) in [5, 5.41) is 20.2. The van der Waals surface area contributed by atoms with Crippen LogP contribution in [0.1, 0.15) is 9.67 Å². The van der Waals surface area contributed by atoms with E-state index in [2.05, 4.69) is 10.2 Å². The van der Waals surface area contributed by atoms with E-state index in [1.54, 1.807) is 29.1 Å². The fourth-order valence-electron chi connectivity index (χ4n) is 2.00. The van der Waals surface area contributed by atoms with Gasteiger partial charge in [0.2, 0.25) is 5.88 Å². The number of carbonyl (C=O) groups is 1. The molecule has 1 amide bonds. The van der Waals surface area contributed by atoms with Gasteiger partial charge in [0.15, 0.2) is 5.69 Å². The van der Waals surface area contributed by atoms with Crippen LogP contribution in [0, 0.1) is 0 Å². The Bertz CT molecular complexity index is 803. The van der Waals surface area contributed by atoms with E-state index in [1.165, 1.54) is 11.3 Å². The molecule has 0 atom stereocenters. The van der Waals surface area contributed by atoms with Gasteiger partial charge in [-0.3, -0.25) is 4.79 Å². The summed E-state index contributed by atoms with van der Waals surface area (Å²) in [7, 11) is 1.73. The Labute approximate surface area is 118 Å². The SMILES string of the molecule is Cn1c(O)c(N=NC(=O)c2cccs2)c2ccccc21. The van der Waals surface area contributed by atoms with E-state index in [9.17, 15) is 9.90 Å². The molecular formula is C14H11N3O2S. The van der Waals surface area contributed by atoms with Gasteiger partial charge in [0.25, 0.3) is 0 Å². The predicted molar refractivity (Wildman–Crippen MR) is 77.7 cm³/mol. The molecule has 0 aliphatic carbocycles. The van der Waals surface area contributed by atoms with E-state index in [0.29, 0.717) is 10.6 Å². The number of para-hydroxylation sites is 1. The van der Waals surface area contributed by atoms with Crippen molar-refractivity contribution in [3.05, 3.63) is 46.7 Å². The van der Waals surface area contributed by atoms with Crippen LogP contribution in [0.5, 0.6) is 5.88 Å². The highest BCUT2D eigenvalue weighted by Gasteiger charge is 2.14. The Morgan fingerprint density at radius 1 is 1.25 bits per heavy atom. The molecule has 3 aromatic rings. The van der Waals surface area contributed by atoms with Crippen LogP contribution >= 0.6 is 11.3 Å². The molecule has 2 aromatic heterocycles. The molecule has 6 heteroatoms. The topological polar surface area (TPSA) is 66.9 Å². The van der Waals surface area contributed by atoms with Gasteiger partial charge in [-0.15, -0.1) is 21.6 Å². The van der Waals surface area contributed by atoms with Gasteiger partial charge in [0.05, 0.1) is 10.4 Å². The van der Waals surface area contributed by atoms with Gasteiger partial charge in [0.1, 0.15) is 0 Å². The van der Waals surface area contributed by atoms with Crippen molar-refractivity contribution in [2.75, 3.05) is 0 Å². The first-order valence-corrected chi connectivity index (χ1v) is 6.82. The maximum atomic E-state index is 11.8. The average molecular weight is 285 g/mol. The average Bonchev–Trinajstić information content (AvgIpc) is 3.07. The van der Waals surface area contributed by atoms with Crippen LogP contribution < -0.4 is 0 Å². The summed E-state index contributed by atoms with van der Waals surface area (Å²) in [5.74, 6) is -0.415. The van der Waals surface area contributed by atoms with Crippen LogP contribution in [-0.2, 0) is 7.05 Å². The third-order valence-electron chi connectivity index (χ3n) is 3.02. The van der Waals surface area contributed by atoms with Crippen molar-refractivity contribution < 1.29 is 9.90 Å². The second-order valence-electron chi connectivity index (χ2n) is 4.23. The van der Waals surface area contributed by atoms with Crippen molar-refractivity contribution in [3.8, 4) is 5.88 Å². The van der Waals surface area contributed by atoms with Gasteiger partial charge in [0, 0.05) is 12.4 Å². The molecule has 0 saturated carbocycles. The van der Waals surface area contributed by atoms with Crippen molar-refractivity contribution in [3.63, 3.8) is 0 Å². The quantitative estimate of drug-likeness (QED) is 0.726. The van der Waals surface area contributed by atoms with Gasteiger partial charge < -0.3 is 9.67 Å². The Morgan fingerprint density at radius 3 is 2.80 bits per heavy atom. The molecular weight excluding hydrogens is 274 g/mol. The van der Waals surface area contributed by atoms with Crippen molar-refractivity contribution in [1.29, 1.82) is 0 Å². The third kappa shape index (κ3) is 2.00. The molecule has 0 spiro atoms. The maximum Gasteiger partial charge on any atom is 0.305 e. The highest BCUT2D eigenvalue weighted by atomic mass is 32.1. The molecule has 0 fully saturated rings. The minimum Gasteiger partial charge on any atom is -0.493 e. The summed E-state index contributed by atoms with van der Waals surface area (Å²) < 4.78 is 1.61. The molecule has 0 saturated heterocycles. The molecule has 0 aliphatic heterocycles. The van der Waals surface area contributed by atoms with E-state index in [1.807, 2.05) is 24.3 Å². The molecule has 100 valence electrons. The van der Waals surface area contributed by atoms with Crippen molar-refractivity contribution in [2.45, 2.75) is 0 Å². The monoisotopic (exact) mass is 285 g/mol. The van der Waals surface area contributed by atoms with Gasteiger partial charge in [-0.2, -0.15) is 0 Å². The number of thiophene rings is 1. The summed E-state index contributed by atoms with van der Waals surface area (Å²) >= 11 is 1.31. The molecule has 5 nitrogen and oxygen atoms in total. The summed E-state index contributed by atoms with van der Waals surface area (Å²) in [6.45, 7) is 0. The normalized spacial score (nSPS) is 11.4. The fourth-order valence-corrected chi connectivity index (χ4v) is 2.61. The van der Waals surface area contributed by atoms with Crippen LogP contribution in [0.3, 0.4) is 0 Å². The number of benzene rings is 1. The fraction of sp³-hybridized carbons (Fsp3) is 0.0714. The van der Waals surface area contributed by atoms with E-state index in [4.69, 9.17) is 0 Å². The zero-order valence-corrected chi connectivity index (χ0v) is 11.5. The lowest BCUT2D eigenvalue weighted by atomic mass is 10.2. The summed E-state index contributed by atoms with van der Waals surface area (Å²) in [6, 6.07) is 10.9. The number of aromatic hydroxyl groups is 1. The first kappa shape index (κ1) is 12.6. The molecule has 1 N–H and O–H groups in total.